The Morgan fingerprint density at radius 1 is 1.15 bits per heavy atom. The molecule has 2 N–H and O–H groups in total. The zero-order valence-corrected chi connectivity index (χ0v) is 15.1. The average Bonchev–Trinajstić information content (AvgIpc) is 2.70. The number of nitrogens with one attached hydrogen (secondary N) is 2. The van der Waals surface area contributed by atoms with Crippen LogP contribution in [0.3, 0.4) is 0 Å². The van der Waals surface area contributed by atoms with E-state index in [1.54, 1.807) is 23.4 Å². The molecule has 3 rings (SSSR count). The van der Waals surface area contributed by atoms with E-state index in [0.717, 1.165) is 6.07 Å². The molecule has 3 amide bonds. The Hall–Kier alpha value is -2.94. The second-order valence-corrected chi connectivity index (χ2v) is 6.27. The third kappa shape index (κ3) is 5.04. The Bertz CT molecular complexity index is 814. The van der Waals surface area contributed by atoms with Crippen LogP contribution < -0.4 is 15.5 Å². The largest absolute Gasteiger partial charge is 0.337 e. The molecule has 1 aromatic carbocycles. The van der Waals surface area contributed by atoms with Gasteiger partial charge in [0.25, 0.3) is 0 Å². The summed E-state index contributed by atoms with van der Waals surface area (Å²) < 4.78 is 13.1. The highest BCUT2D eigenvalue weighted by molar-refractivity contribution is 6.31. The average molecular weight is 393 g/mol. The molecule has 10 heteroatoms. The summed E-state index contributed by atoms with van der Waals surface area (Å²) in [6.45, 7) is 2.02. The minimum absolute atomic E-state index is 0.0860. The normalized spacial score (nSPS) is 14.0. The van der Waals surface area contributed by atoms with Gasteiger partial charge in [0.05, 0.1) is 11.6 Å². The maximum absolute atomic E-state index is 13.1. The minimum Gasteiger partial charge on any atom is -0.337 e. The van der Waals surface area contributed by atoms with Crippen LogP contribution in [0.1, 0.15) is 0 Å². The molecule has 1 aromatic heterocycles. The lowest BCUT2D eigenvalue weighted by Gasteiger charge is -2.34. The predicted octanol–water partition coefficient (Wildman–Crippen LogP) is 1.74. The van der Waals surface area contributed by atoms with Gasteiger partial charge in [-0.3, -0.25) is 4.79 Å². The van der Waals surface area contributed by atoms with Crippen molar-refractivity contribution >= 4 is 35.2 Å². The SMILES string of the molecule is O=C(CNC(=O)N1CCN(c2ncccn2)CC1)Nc1ccc(F)c(Cl)c1. The summed E-state index contributed by atoms with van der Waals surface area (Å²) in [6.07, 6.45) is 3.35. The summed E-state index contributed by atoms with van der Waals surface area (Å²) in [5.74, 6) is -0.361. The van der Waals surface area contributed by atoms with Gasteiger partial charge in [0, 0.05) is 44.3 Å². The lowest BCUT2D eigenvalue weighted by Crippen LogP contribution is -2.53. The number of hydrogen-bond donors (Lipinski definition) is 2. The number of piperazine rings is 1. The Kier molecular flexibility index (Phi) is 6.02. The van der Waals surface area contributed by atoms with Crippen molar-refractivity contribution in [2.45, 2.75) is 0 Å². The minimum atomic E-state index is -0.567. The number of rotatable bonds is 4. The fourth-order valence-corrected chi connectivity index (χ4v) is 2.79. The second kappa shape index (κ2) is 8.63. The van der Waals surface area contributed by atoms with Crippen molar-refractivity contribution < 1.29 is 14.0 Å². The smallest absolute Gasteiger partial charge is 0.317 e. The van der Waals surface area contributed by atoms with Gasteiger partial charge in [-0.1, -0.05) is 11.6 Å². The van der Waals surface area contributed by atoms with E-state index < -0.39 is 11.7 Å². The van der Waals surface area contributed by atoms with Gasteiger partial charge in [-0.05, 0) is 24.3 Å². The van der Waals surface area contributed by atoms with Gasteiger partial charge < -0.3 is 20.4 Å². The van der Waals surface area contributed by atoms with Crippen molar-refractivity contribution in [2.24, 2.45) is 0 Å². The maximum Gasteiger partial charge on any atom is 0.317 e. The number of hydrogen-bond acceptors (Lipinski definition) is 5. The molecular formula is C17H18ClFN6O2. The molecular weight excluding hydrogens is 375 g/mol. The molecule has 1 aliphatic rings. The van der Waals surface area contributed by atoms with Crippen molar-refractivity contribution in [1.29, 1.82) is 0 Å². The van der Waals surface area contributed by atoms with E-state index in [-0.39, 0.29) is 17.6 Å². The van der Waals surface area contributed by atoms with Crippen LogP contribution in [0.5, 0.6) is 0 Å². The lowest BCUT2D eigenvalue weighted by molar-refractivity contribution is -0.115. The van der Waals surface area contributed by atoms with Crippen LogP contribution in [-0.4, -0.2) is 59.5 Å². The summed E-state index contributed by atoms with van der Waals surface area (Å²) in [5, 5.41) is 5.03. The lowest BCUT2D eigenvalue weighted by atomic mass is 10.3. The first kappa shape index (κ1) is 18.8. The monoisotopic (exact) mass is 392 g/mol. The molecule has 8 nitrogen and oxygen atoms in total. The molecule has 0 aliphatic carbocycles. The highest BCUT2D eigenvalue weighted by atomic mass is 35.5. The van der Waals surface area contributed by atoms with E-state index in [0.29, 0.717) is 37.8 Å². The highest BCUT2D eigenvalue weighted by Gasteiger charge is 2.22. The van der Waals surface area contributed by atoms with E-state index in [1.807, 2.05) is 4.90 Å². The first-order valence-electron chi connectivity index (χ1n) is 8.32. The molecule has 0 bridgehead atoms. The van der Waals surface area contributed by atoms with Gasteiger partial charge in [-0.2, -0.15) is 0 Å². The van der Waals surface area contributed by atoms with Crippen LogP contribution in [0.25, 0.3) is 0 Å². The van der Waals surface area contributed by atoms with Gasteiger partial charge in [0.2, 0.25) is 11.9 Å². The first-order chi connectivity index (χ1) is 13.0. The molecule has 142 valence electrons. The second-order valence-electron chi connectivity index (χ2n) is 5.86. The van der Waals surface area contributed by atoms with Crippen LogP contribution in [0, 0.1) is 5.82 Å². The quantitative estimate of drug-likeness (QED) is 0.827. The molecule has 0 spiro atoms. The number of nitrogens with zero attached hydrogens (tertiary/aromatic N) is 4. The Morgan fingerprint density at radius 2 is 1.85 bits per heavy atom. The number of carbonyl (C=O) groups is 2. The van der Waals surface area contributed by atoms with E-state index in [9.17, 15) is 14.0 Å². The van der Waals surface area contributed by atoms with Crippen LogP contribution in [0.4, 0.5) is 20.8 Å². The molecule has 0 atom stereocenters. The number of carbonyl (C=O) groups excluding carboxylic acids is 2. The summed E-state index contributed by atoms with van der Waals surface area (Å²) in [7, 11) is 0. The van der Waals surface area contributed by atoms with Crippen LogP contribution in [0.2, 0.25) is 5.02 Å². The molecule has 0 unspecified atom stereocenters. The zero-order chi connectivity index (χ0) is 19.2. The zero-order valence-electron chi connectivity index (χ0n) is 14.4. The van der Waals surface area contributed by atoms with Crippen LogP contribution in [-0.2, 0) is 4.79 Å². The molecule has 1 fully saturated rings. The summed E-state index contributed by atoms with van der Waals surface area (Å²) >= 11 is 5.67. The number of halogens is 2. The van der Waals surface area contributed by atoms with E-state index in [1.165, 1.54) is 12.1 Å². The van der Waals surface area contributed by atoms with Crippen molar-refractivity contribution in [2.75, 3.05) is 42.9 Å². The van der Waals surface area contributed by atoms with Gasteiger partial charge in [0.15, 0.2) is 0 Å². The third-order valence-corrected chi connectivity index (χ3v) is 4.30. The Morgan fingerprint density at radius 3 is 2.52 bits per heavy atom. The molecule has 0 radical (unpaired) electrons. The standard InChI is InChI=1S/C17H18ClFN6O2/c18-13-10-12(2-3-14(13)19)23-15(26)11-22-17(27)25-8-6-24(7-9-25)16-20-4-1-5-21-16/h1-5,10H,6-9,11H2,(H,22,27)(H,23,26). The van der Waals surface area contributed by atoms with E-state index in [2.05, 4.69) is 20.6 Å². The summed E-state index contributed by atoms with van der Waals surface area (Å²) in [6, 6.07) is 5.29. The number of anilines is 2. The van der Waals surface area contributed by atoms with Gasteiger partial charge in [-0.25, -0.2) is 19.2 Å². The van der Waals surface area contributed by atoms with Gasteiger partial charge in [0.1, 0.15) is 5.82 Å². The van der Waals surface area contributed by atoms with Gasteiger partial charge >= 0.3 is 6.03 Å². The summed E-state index contributed by atoms with van der Waals surface area (Å²) in [5.41, 5.74) is 0.358. The number of urea groups is 1. The van der Waals surface area contributed by atoms with Crippen molar-refractivity contribution in [1.82, 2.24) is 20.2 Å². The summed E-state index contributed by atoms with van der Waals surface area (Å²) in [4.78, 5) is 36.1. The molecule has 2 heterocycles. The van der Waals surface area contributed by atoms with Crippen LogP contribution >= 0.6 is 11.6 Å². The number of benzene rings is 1. The topological polar surface area (TPSA) is 90.5 Å². The molecule has 1 saturated heterocycles. The van der Waals surface area contributed by atoms with Crippen molar-refractivity contribution in [3.05, 3.63) is 47.5 Å². The van der Waals surface area contributed by atoms with Gasteiger partial charge in [-0.15, -0.1) is 0 Å². The number of aromatic nitrogens is 2. The first-order valence-corrected chi connectivity index (χ1v) is 8.70. The fraction of sp³-hybridized carbons (Fsp3) is 0.294. The maximum atomic E-state index is 13.1. The molecule has 1 aliphatic heterocycles. The Labute approximate surface area is 160 Å². The van der Waals surface area contributed by atoms with Crippen molar-refractivity contribution in [3.63, 3.8) is 0 Å². The third-order valence-electron chi connectivity index (χ3n) is 4.01. The highest BCUT2D eigenvalue weighted by Crippen LogP contribution is 2.19. The van der Waals surface area contributed by atoms with Crippen LogP contribution in [0.15, 0.2) is 36.7 Å². The van der Waals surface area contributed by atoms with E-state index in [4.69, 9.17) is 11.6 Å². The predicted molar refractivity (Wildman–Crippen MR) is 99.3 cm³/mol. The molecule has 0 saturated carbocycles. The molecule has 27 heavy (non-hydrogen) atoms. The van der Waals surface area contributed by atoms with Crippen molar-refractivity contribution in [3.8, 4) is 0 Å². The number of amides is 3. The Balaban J connectivity index is 1.43. The molecule has 2 aromatic rings. The van der Waals surface area contributed by atoms with E-state index >= 15 is 0 Å². The fourth-order valence-electron chi connectivity index (χ4n) is 2.61.